The molecule has 3 heteroatoms. The second-order valence-corrected chi connectivity index (χ2v) is 12.5. The molecule has 0 unspecified atom stereocenters. The first-order valence-corrected chi connectivity index (χ1v) is 14.9. The molecule has 1 aliphatic carbocycles. The molecular formula is C37H26N2S. The Morgan fingerprint density at radius 2 is 1.48 bits per heavy atom. The lowest BCUT2D eigenvalue weighted by Gasteiger charge is -2.34. The van der Waals surface area contributed by atoms with Crippen LogP contribution >= 0.6 is 11.8 Å². The first-order valence-electron chi connectivity index (χ1n) is 13.9. The maximum atomic E-state index is 5.03. The van der Waals surface area contributed by atoms with E-state index in [9.17, 15) is 0 Å². The predicted octanol–water partition coefficient (Wildman–Crippen LogP) is 9.91. The molecule has 2 aromatic heterocycles. The van der Waals surface area contributed by atoms with Gasteiger partial charge < -0.3 is 4.57 Å². The molecule has 0 spiro atoms. The summed E-state index contributed by atoms with van der Waals surface area (Å²) in [4.78, 5) is 6.39. The molecule has 0 atom stereocenters. The van der Waals surface area contributed by atoms with E-state index in [1.807, 2.05) is 18.0 Å². The zero-order valence-corrected chi connectivity index (χ0v) is 23.2. The van der Waals surface area contributed by atoms with Gasteiger partial charge in [0.25, 0.3) is 0 Å². The number of thioether (sulfide) groups is 1. The van der Waals surface area contributed by atoms with Crippen molar-refractivity contribution in [3.8, 4) is 27.9 Å². The summed E-state index contributed by atoms with van der Waals surface area (Å²) in [6.07, 6.45) is 2.02. The van der Waals surface area contributed by atoms with Crippen molar-refractivity contribution < 1.29 is 0 Å². The summed E-state index contributed by atoms with van der Waals surface area (Å²) < 4.78 is 2.53. The maximum absolute atomic E-state index is 5.03. The lowest BCUT2D eigenvalue weighted by atomic mass is 9.71. The number of nitrogens with zero attached hydrogens (tertiary/aromatic N) is 2. The van der Waals surface area contributed by atoms with Gasteiger partial charge in [0.15, 0.2) is 0 Å². The van der Waals surface area contributed by atoms with Gasteiger partial charge in [-0.25, -0.2) is 0 Å². The number of hydrogen-bond donors (Lipinski definition) is 0. The van der Waals surface area contributed by atoms with Crippen molar-refractivity contribution in [2.75, 3.05) is 0 Å². The van der Waals surface area contributed by atoms with E-state index in [-0.39, 0.29) is 5.41 Å². The number of hydrogen-bond acceptors (Lipinski definition) is 2. The van der Waals surface area contributed by atoms with Gasteiger partial charge in [0.1, 0.15) is 0 Å². The van der Waals surface area contributed by atoms with E-state index in [1.165, 1.54) is 76.5 Å². The average molecular weight is 531 g/mol. The summed E-state index contributed by atoms with van der Waals surface area (Å²) in [5.41, 5.74) is 12.8. The molecule has 190 valence electrons. The Balaban J connectivity index is 1.47. The predicted molar refractivity (Wildman–Crippen MR) is 169 cm³/mol. The highest BCUT2D eigenvalue weighted by Gasteiger charge is 2.36. The van der Waals surface area contributed by atoms with E-state index in [0.29, 0.717) is 0 Å². The normalized spacial score (nSPS) is 14.8. The Morgan fingerprint density at radius 1 is 0.700 bits per heavy atom. The Kier molecular flexibility index (Phi) is 4.42. The minimum atomic E-state index is -0.181. The third-order valence-corrected chi connectivity index (χ3v) is 10.2. The maximum Gasteiger partial charge on any atom is 0.0621 e. The Morgan fingerprint density at radius 3 is 2.40 bits per heavy atom. The van der Waals surface area contributed by atoms with E-state index in [0.717, 1.165) is 11.4 Å². The van der Waals surface area contributed by atoms with Crippen LogP contribution in [0.1, 0.15) is 30.7 Å². The second kappa shape index (κ2) is 7.87. The van der Waals surface area contributed by atoms with Gasteiger partial charge in [-0.3, -0.25) is 4.98 Å². The topological polar surface area (TPSA) is 17.8 Å². The number of aromatic nitrogens is 2. The molecule has 2 aliphatic rings. The summed E-state index contributed by atoms with van der Waals surface area (Å²) in [7, 11) is 0. The van der Waals surface area contributed by atoms with Gasteiger partial charge in [0.05, 0.1) is 22.4 Å². The number of fused-ring (bicyclic) bond motifs is 9. The monoisotopic (exact) mass is 530 g/mol. The molecule has 3 heterocycles. The van der Waals surface area contributed by atoms with Gasteiger partial charge in [0, 0.05) is 43.8 Å². The van der Waals surface area contributed by atoms with Crippen molar-refractivity contribution in [1.82, 2.24) is 9.55 Å². The van der Waals surface area contributed by atoms with Crippen LogP contribution in [-0.2, 0) is 11.2 Å². The molecule has 0 saturated carbocycles. The summed E-state index contributed by atoms with van der Waals surface area (Å²) in [6, 6.07) is 38.1. The molecule has 9 rings (SSSR count). The van der Waals surface area contributed by atoms with Gasteiger partial charge in [-0.15, -0.1) is 11.8 Å². The van der Waals surface area contributed by atoms with Crippen LogP contribution in [0, 0.1) is 0 Å². The van der Waals surface area contributed by atoms with Crippen LogP contribution in [0.25, 0.3) is 60.5 Å². The van der Waals surface area contributed by atoms with E-state index >= 15 is 0 Å². The molecule has 0 saturated heterocycles. The first-order chi connectivity index (χ1) is 19.6. The van der Waals surface area contributed by atoms with Crippen molar-refractivity contribution >= 4 is 44.3 Å². The van der Waals surface area contributed by atoms with E-state index in [1.54, 1.807) is 0 Å². The summed E-state index contributed by atoms with van der Waals surface area (Å²) in [5.74, 6) is 0.987. The Hall–Kier alpha value is -4.34. The van der Waals surface area contributed by atoms with Gasteiger partial charge in [-0.2, -0.15) is 0 Å². The number of benzene rings is 5. The highest BCUT2D eigenvalue weighted by Crippen LogP contribution is 2.52. The summed E-state index contributed by atoms with van der Waals surface area (Å²) in [6.45, 7) is 4.63. The zero-order valence-electron chi connectivity index (χ0n) is 22.4. The lowest BCUT2D eigenvalue weighted by molar-refractivity contribution is 0.622. The smallest absolute Gasteiger partial charge is 0.0621 e. The van der Waals surface area contributed by atoms with Crippen LogP contribution in [-0.4, -0.2) is 9.55 Å². The van der Waals surface area contributed by atoms with Gasteiger partial charge in [0.2, 0.25) is 0 Å². The number of rotatable bonds is 1. The van der Waals surface area contributed by atoms with Crippen molar-refractivity contribution in [2.45, 2.75) is 29.9 Å². The van der Waals surface area contributed by atoms with Crippen molar-refractivity contribution in [3.63, 3.8) is 0 Å². The molecule has 0 N–H and O–H groups in total. The molecule has 0 fully saturated rings. The quantitative estimate of drug-likeness (QED) is 0.210. The lowest BCUT2D eigenvalue weighted by Crippen LogP contribution is -2.25. The van der Waals surface area contributed by atoms with E-state index < -0.39 is 0 Å². The van der Waals surface area contributed by atoms with Crippen molar-refractivity contribution in [3.05, 3.63) is 126 Å². The Bertz CT molecular complexity index is 2200. The van der Waals surface area contributed by atoms with Crippen LogP contribution < -0.4 is 0 Å². The Labute approximate surface area is 237 Å². The zero-order chi connectivity index (χ0) is 26.6. The highest BCUT2D eigenvalue weighted by molar-refractivity contribution is 7.98. The van der Waals surface area contributed by atoms with Crippen molar-refractivity contribution in [2.24, 2.45) is 0 Å². The molecule has 0 radical (unpaired) electrons. The number of pyridine rings is 1. The number of para-hydroxylation sites is 1. The molecule has 7 aromatic rings. The molecule has 1 aliphatic heterocycles. The SMILES string of the molecule is CC1(C)c2ccccc2-c2cc3c4ccccc4n(-c4cccc5c4SCc4ccccc4-5)c3c3ccnc1c23. The molecule has 0 bridgehead atoms. The average Bonchev–Trinajstić information content (AvgIpc) is 3.34. The molecule has 5 aromatic carbocycles. The fraction of sp³-hybridized carbons (Fsp3) is 0.108. The van der Waals surface area contributed by atoms with E-state index in [4.69, 9.17) is 4.98 Å². The molecule has 2 nitrogen and oxygen atoms in total. The molecule has 40 heavy (non-hydrogen) atoms. The van der Waals surface area contributed by atoms with Crippen LogP contribution in [0.2, 0.25) is 0 Å². The fourth-order valence-electron chi connectivity index (χ4n) is 7.28. The van der Waals surface area contributed by atoms with Crippen molar-refractivity contribution in [1.29, 1.82) is 0 Å². The van der Waals surface area contributed by atoms with Crippen LogP contribution in [0.15, 0.2) is 114 Å². The van der Waals surface area contributed by atoms with Crippen LogP contribution in [0.5, 0.6) is 0 Å². The largest absolute Gasteiger partial charge is 0.307 e. The summed E-state index contributed by atoms with van der Waals surface area (Å²) in [5, 5.41) is 5.14. The fourth-order valence-corrected chi connectivity index (χ4v) is 8.47. The molecule has 0 amide bonds. The van der Waals surface area contributed by atoms with E-state index in [2.05, 4.69) is 122 Å². The van der Waals surface area contributed by atoms with Crippen LogP contribution in [0.3, 0.4) is 0 Å². The van der Waals surface area contributed by atoms with Gasteiger partial charge >= 0.3 is 0 Å². The third-order valence-electron chi connectivity index (χ3n) is 9.08. The minimum Gasteiger partial charge on any atom is -0.307 e. The third kappa shape index (κ3) is 2.78. The van der Waals surface area contributed by atoms with Gasteiger partial charge in [-0.1, -0.05) is 92.7 Å². The van der Waals surface area contributed by atoms with Crippen LogP contribution in [0.4, 0.5) is 0 Å². The first kappa shape index (κ1) is 22.5. The van der Waals surface area contributed by atoms with Gasteiger partial charge in [-0.05, 0) is 57.6 Å². The standard InChI is InChI=1S/C37H26N2S/c1-37(2)30-15-7-5-12-24(30)28-20-29-25-13-6-8-16-31(25)39(34(29)27-18-19-38-36(37)33(27)28)32-17-9-14-26-23-11-4-3-10-22(23)21-40-35(26)32/h3-20H,21H2,1-2H3. The summed E-state index contributed by atoms with van der Waals surface area (Å²) >= 11 is 1.96. The highest BCUT2D eigenvalue weighted by atomic mass is 32.2. The minimum absolute atomic E-state index is 0.181. The molecular weight excluding hydrogens is 504 g/mol. The second-order valence-electron chi connectivity index (χ2n) is 11.5.